The zero-order valence-corrected chi connectivity index (χ0v) is 20.4. The molecule has 0 bridgehead atoms. The normalized spacial score (nSPS) is 12.2. The lowest BCUT2D eigenvalue weighted by Crippen LogP contribution is -2.32. The van der Waals surface area contributed by atoms with Gasteiger partial charge in [0.15, 0.2) is 23.0 Å². The fraction of sp³-hybridized carbons (Fsp3) is 0.148. The summed E-state index contributed by atoms with van der Waals surface area (Å²) in [7, 11) is 4.51. The van der Waals surface area contributed by atoms with Crippen molar-refractivity contribution in [1.29, 1.82) is 0 Å². The van der Waals surface area contributed by atoms with Crippen molar-refractivity contribution in [3.63, 3.8) is 0 Å². The zero-order chi connectivity index (χ0) is 26.2. The molecular weight excluding hydrogens is 478 g/mol. The van der Waals surface area contributed by atoms with E-state index in [0.29, 0.717) is 45.4 Å². The number of carbonyl (C=O) groups excluding carboxylic acids is 2. The van der Waals surface area contributed by atoms with Crippen LogP contribution in [0, 0.1) is 0 Å². The first-order valence-electron chi connectivity index (χ1n) is 11.1. The number of ether oxygens (including phenoxy) is 5. The number of nitrogens with zero attached hydrogens (tertiary/aromatic N) is 1. The van der Waals surface area contributed by atoms with Crippen LogP contribution in [0.4, 0.5) is 0 Å². The summed E-state index contributed by atoms with van der Waals surface area (Å²) in [5, 5.41) is 6.69. The lowest BCUT2D eigenvalue weighted by atomic mass is 10.1. The third-order valence-corrected chi connectivity index (χ3v) is 5.30. The number of fused-ring (bicyclic) bond motifs is 1. The first-order chi connectivity index (χ1) is 18.0. The maximum atomic E-state index is 13.1. The van der Waals surface area contributed by atoms with Gasteiger partial charge in [0.25, 0.3) is 11.8 Å². The molecule has 0 spiro atoms. The number of hydrogen-bond acceptors (Lipinski definition) is 8. The Labute approximate surface area is 213 Å². The Morgan fingerprint density at radius 2 is 1.57 bits per heavy atom. The Bertz CT molecular complexity index is 1330. The third-order valence-electron chi connectivity index (χ3n) is 5.30. The minimum atomic E-state index is -0.634. The molecule has 3 aromatic carbocycles. The third kappa shape index (κ3) is 5.99. The Kier molecular flexibility index (Phi) is 7.89. The van der Waals surface area contributed by atoms with Crippen molar-refractivity contribution >= 4 is 24.1 Å². The standard InChI is InChI=1S/C27H25N3O7/c1-33-23-13-18(14-24(34-2)25(23)35-3)15-28-30-27(32)20(29-26(31)19-7-5-4-6-8-19)11-17-9-10-21-22(12-17)37-16-36-21/h4-15H,16H2,1-3H3,(H,29,31)(H,30,32). The van der Waals surface area contributed by atoms with E-state index in [2.05, 4.69) is 15.8 Å². The molecular formula is C27H25N3O7. The van der Waals surface area contributed by atoms with Gasteiger partial charge in [0.05, 0.1) is 27.5 Å². The molecule has 37 heavy (non-hydrogen) atoms. The molecule has 0 unspecified atom stereocenters. The smallest absolute Gasteiger partial charge is 0.287 e. The van der Waals surface area contributed by atoms with Gasteiger partial charge in [-0.25, -0.2) is 5.43 Å². The van der Waals surface area contributed by atoms with E-state index in [1.165, 1.54) is 33.6 Å². The molecule has 0 fully saturated rings. The first-order valence-corrected chi connectivity index (χ1v) is 11.1. The number of hydrogen-bond donors (Lipinski definition) is 2. The maximum Gasteiger partial charge on any atom is 0.287 e. The molecule has 1 aliphatic rings. The average molecular weight is 504 g/mol. The summed E-state index contributed by atoms with van der Waals surface area (Å²) in [5.41, 5.74) is 4.03. The fourth-order valence-corrected chi connectivity index (χ4v) is 3.51. The van der Waals surface area contributed by atoms with Gasteiger partial charge in [-0.05, 0) is 48.0 Å². The zero-order valence-electron chi connectivity index (χ0n) is 20.4. The topological polar surface area (TPSA) is 117 Å². The van der Waals surface area contributed by atoms with E-state index in [4.69, 9.17) is 23.7 Å². The van der Waals surface area contributed by atoms with Gasteiger partial charge in [-0.2, -0.15) is 5.10 Å². The number of rotatable bonds is 9. The van der Waals surface area contributed by atoms with Crippen molar-refractivity contribution in [3.8, 4) is 28.7 Å². The van der Waals surface area contributed by atoms with E-state index >= 15 is 0 Å². The van der Waals surface area contributed by atoms with Gasteiger partial charge in [-0.15, -0.1) is 0 Å². The second-order valence-corrected chi connectivity index (χ2v) is 7.65. The van der Waals surface area contributed by atoms with Gasteiger partial charge in [0.2, 0.25) is 12.5 Å². The number of benzene rings is 3. The molecule has 2 amide bonds. The molecule has 1 heterocycles. The van der Waals surface area contributed by atoms with Crippen LogP contribution in [0.1, 0.15) is 21.5 Å². The number of carbonyl (C=O) groups is 2. The molecule has 0 aliphatic carbocycles. The van der Waals surface area contributed by atoms with Crippen LogP contribution in [0.3, 0.4) is 0 Å². The summed E-state index contributed by atoms with van der Waals surface area (Å²) in [4.78, 5) is 25.8. The predicted molar refractivity (Wildman–Crippen MR) is 136 cm³/mol. The molecule has 3 aromatic rings. The van der Waals surface area contributed by atoms with Crippen LogP contribution in [0.15, 0.2) is 71.5 Å². The number of methoxy groups -OCH3 is 3. The van der Waals surface area contributed by atoms with Crippen LogP contribution in [-0.2, 0) is 4.79 Å². The highest BCUT2D eigenvalue weighted by Gasteiger charge is 2.17. The van der Waals surface area contributed by atoms with E-state index in [9.17, 15) is 9.59 Å². The average Bonchev–Trinajstić information content (AvgIpc) is 3.40. The first kappa shape index (κ1) is 25.1. The van der Waals surface area contributed by atoms with Crippen LogP contribution in [0.5, 0.6) is 28.7 Å². The van der Waals surface area contributed by atoms with Gasteiger partial charge < -0.3 is 29.0 Å². The highest BCUT2D eigenvalue weighted by molar-refractivity contribution is 6.05. The number of amides is 2. The van der Waals surface area contributed by atoms with Gasteiger partial charge in [-0.1, -0.05) is 24.3 Å². The molecule has 10 heteroatoms. The van der Waals surface area contributed by atoms with Crippen LogP contribution in [0.2, 0.25) is 0 Å². The van der Waals surface area contributed by atoms with Gasteiger partial charge >= 0.3 is 0 Å². The molecule has 10 nitrogen and oxygen atoms in total. The molecule has 0 atom stereocenters. The summed E-state index contributed by atoms with van der Waals surface area (Å²) < 4.78 is 26.7. The molecule has 2 N–H and O–H groups in total. The van der Waals surface area contributed by atoms with Gasteiger partial charge in [0.1, 0.15) is 5.70 Å². The fourth-order valence-electron chi connectivity index (χ4n) is 3.51. The van der Waals surface area contributed by atoms with Crippen molar-refractivity contribution in [2.24, 2.45) is 5.10 Å². The molecule has 190 valence electrons. The number of hydrazone groups is 1. The Morgan fingerprint density at radius 1 is 0.865 bits per heavy atom. The van der Waals surface area contributed by atoms with Crippen molar-refractivity contribution in [2.75, 3.05) is 28.1 Å². The highest BCUT2D eigenvalue weighted by atomic mass is 16.7. The Morgan fingerprint density at radius 3 is 2.24 bits per heavy atom. The molecule has 0 saturated heterocycles. The van der Waals surface area contributed by atoms with Crippen molar-refractivity contribution < 1.29 is 33.3 Å². The summed E-state index contributed by atoms with van der Waals surface area (Å²) >= 11 is 0. The molecule has 4 rings (SSSR count). The molecule has 1 aliphatic heterocycles. The summed E-state index contributed by atoms with van der Waals surface area (Å²) in [6, 6.07) is 17.1. The second kappa shape index (κ2) is 11.6. The van der Waals surface area contributed by atoms with E-state index in [1.54, 1.807) is 60.7 Å². The molecule has 0 saturated carbocycles. The van der Waals surface area contributed by atoms with Crippen LogP contribution in [-0.4, -0.2) is 46.2 Å². The Balaban J connectivity index is 1.57. The van der Waals surface area contributed by atoms with Crippen LogP contribution in [0.25, 0.3) is 6.08 Å². The monoisotopic (exact) mass is 503 g/mol. The summed E-state index contributed by atoms with van der Waals surface area (Å²) in [6.07, 6.45) is 2.94. The predicted octanol–water partition coefficient (Wildman–Crippen LogP) is 3.36. The minimum Gasteiger partial charge on any atom is -0.493 e. The quantitative estimate of drug-likeness (QED) is 0.261. The lowest BCUT2D eigenvalue weighted by molar-refractivity contribution is -0.117. The van der Waals surface area contributed by atoms with Crippen molar-refractivity contribution in [3.05, 3.63) is 83.1 Å². The lowest BCUT2D eigenvalue weighted by Gasteiger charge is -2.12. The van der Waals surface area contributed by atoms with Gasteiger partial charge in [-0.3, -0.25) is 9.59 Å². The molecule has 0 aromatic heterocycles. The largest absolute Gasteiger partial charge is 0.493 e. The van der Waals surface area contributed by atoms with E-state index in [0.717, 1.165) is 0 Å². The van der Waals surface area contributed by atoms with Crippen LogP contribution < -0.4 is 34.4 Å². The van der Waals surface area contributed by atoms with Crippen molar-refractivity contribution in [1.82, 2.24) is 10.7 Å². The molecule has 0 radical (unpaired) electrons. The minimum absolute atomic E-state index is 0.0187. The SMILES string of the molecule is COc1cc(C=NNC(=O)C(=Cc2ccc3c(c2)OCO3)NC(=O)c2ccccc2)cc(OC)c1OC. The van der Waals surface area contributed by atoms with E-state index < -0.39 is 11.8 Å². The van der Waals surface area contributed by atoms with Crippen LogP contribution >= 0.6 is 0 Å². The van der Waals surface area contributed by atoms with Crippen molar-refractivity contribution in [2.45, 2.75) is 0 Å². The highest BCUT2D eigenvalue weighted by Crippen LogP contribution is 2.37. The number of nitrogens with one attached hydrogen (secondary N) is 2. The van der Waals surface area contributed by atoms with E-state index in [1.807, 2.05) is 0 Å². The Hall–Kier alpha value is -4.99. The van der Waals surface area contributed by atoms with E-state index in [-0.39, 0.29) is 12.5 Å². The summed E-state index contributed by atoms with van der Waals surface area (Å²) in [6.45, 7) is 0.121. The maximum absolute atomic E-state index is 13.1. The van der Waals surface area contributed by atoms with Gasteiger partial charge in [0, 0.05) is 11.1 Å². The summed E-state index contributed by atoms with van der Waals surface area (Å²) in [5.74, 6) is 1.38. The second-order valence-electron chi connectivity index (χ2n) is 7.65.